The summed E-state index contributed by atoms with van der Waals surface area (Å²) >= 11 is 0.0730. The average molecular weight is 1320 g/mol. The molecule has 6 fully saturated rings. The fraction of sp³-hybridized carbons (Fsp3) is 0.597. The van der Waals surface area contributed by atoms with Gasteiger partial charge in [0.05, 0.1) is 55.9 Å². The van der Waals surface area contributed by atoms with Crippen LogP contribution in [-0.2, 0) is 44.6 Å². The molecule has 1 saturated carbocycles. The molecule has 6 aliphatic rings. The van der Waals surface area contributed by atoms with Crippen LogP contribution in [0.3, 0.4) is 0 Å². The van der Waals surface area contributed by atoms with E-state index in [4.69, 9.17) is 9.44 Å². The highest BCUT2D eigenvalue weighted by Crippen LogP contribution is 2.39. The first-order valence-electron chi connectivity index (χ1n) is 31.6. The van der Waals surface area contributed by atoms with Crippen molar-refractivity contribution < 1.29 is 98.3 Å². The van der Waals surface area contributed by atoms with E-state index in [0.29, 0.717) is 18.1 Å². The minimum atomic E-state index is -2.15. The van der Waals surface area contributed by atoms with Gasteiger partial charge in [-0.1, -0.05) is 65.9 Å². The third kappa shape index (κ3) is 17.0. The average Bonchev–Trinajstić information content (AvgIpc) is 1.68. The first-order valence-corrected chi connectivity index (χ1v) is 32.2. The Morgan fingerprint density at radius 2 is 1.37 bits per heavy atom. The molecule has 1 aliphatic carbocycles. The lowest BCUT2D eigenvalue weighted by Gasteiger charge is -2.41. The molecule has 5 heterocycles. The molecule has 510 valence electrons. The summed E-state index contributed by atoms with van der Waals surface area (Å²) in [5.74, 6) is -9.43. The summed E-state index contributed by atoms with van der Waals surface area (Å²) < 4.78 is 9.37. The molecule has 0 spiro atoms. The summed E-state index contributed by atoms with van der Waals surface area (Å²) in [5, 5.41) is 126. The van der Waals surface area contributed by atoms with E-state index in [0.717, 1.165) is 59.1 Å². The summed E-state index contributed by atoms with van der Waals surface area (Å²) in [4.78, 5) is 109. The van der Waals surface area contributed by atoms with Gasteiger partial charge in [-0.2, -0.15) is 0 Å². The summed E-state index contributed by atoms with van der Waals surface area (Å²) in [7, 11) is 0. The van der Waals surface area contributed by atoms with Crippen LogP contribution in [0.4, 0.5) is 5.69 Å². The van der Waals surface area contributed by atoms with Gasteiger partial charge in [0.1, 0.15) is 36.3 Å². The molecule has 0 radical (unpaired) electrons. The molecule has 0 aromatic heterocycles. The standard InChI is InChI=1S/C62H86N10O20S/c1-32-26-72-54(55(32)81)60(86)64-25-43(76)23-45(65-56(82)37-11-9-35(10-12-37)36-13-15-40(16-14-36)70-28-41-22-42(70)27-69(41)39-6-4-3-5-7-39)57(83)66-51(33(2)75)61(87)71-29-44(77)24-46(71)58(84)67-52(49(80)20-34-8-17-47(78)50(21-34)90-93-92-91-89)59(85)68-53(62(72)88)48(79)18-19-63-38(30-73)31-74/h8-17,21,32-33,38-39,41-46,48-49,51-55,63,73-81,89H,3-7,18-20,22-31H2,1-2H3,(H,64,86)(H,65,82)(H,66,83)(H,67,84)(H,68,85)/t32-,33+,41?,42?,43+,44+,45?,46-,48+,49+,51-,52-,53-,54-,55-/m0/s1. The lowest BCUT2D eigenvalue weighted by atomic mass is 9.93. The summed E-state index contributed by atoms with van der Waals surface area (Å²) in [6, 6.07) is 7.83. The van der Waals surface area contributed by atoms with Crippen molar-refractivity contribution >= 4 is 59.4 Å². The van der Waals surface area contributed by atoms with Gasteiger partial charge in [-0.3, -0.25) is 38.5 Å². The highest BCUT2D eigenvalue weighted by atomic mass is 32.2. The fourth-order valence-corrected chi connectivity index (χ4v) is 13.9. The van der Waals surface area contributed by atoms with E-state index in [1.807, 2.05) is 12.1 Å². The van der Waals surface area contributed by atoms with Crippen LogP contribution in [-0.4, -0.2) is 257 Å². The molecule has 5 saturated heterocycles. The summed E-state index contributed by atoms with van der Waals surface area (Å²) in [6.07, 6.45) is -4.89. The lowest BCUT2D eigenvalue weighted by Crippen LogP contribution is -2.64. The highest BCUT2D eigenvalue weighted by Gasteiger charge is 2.50. The number of rotatable bonds is 20. The number of phenolic OH excluding ortho intramolecular Hbond substituents is 1. The lowest BCUT2D eigenvalue weighted by molar-refractivity contribution is -0.433. The number of hydrogen-bond donors (Lipinski definition) is 16. The van der Waals surface area contributed by atoms with E-state index in [9.17, 15) is 79.5 Å². The quantitative estimate of drug-likeness (QED) is 0.0237. The Kier molecular flexibility index (Phi) is 24.3. The number of aliphatic hydroxyl groups excluding tert-OH is 8. The Morgan fingerprint density at radius 1 is 0.699 bits per heavy atom. The number of aromatic hydroxyl groups is 1. The van der Waals surface area contributed by atoms with E-state index in [1.54, 1.807) is 12.1 Å². The van der Waals surface area contributed by atoms with Gasteiger partial charge < -0.3 is 96.7 Å². The number of amides is 7. The molecule has 16 N–H and O–H groups in total. The van der Waals surface area contributed by atoms with E-state index in [-0.39, 0.29) is 42.3 Å². The third-order valence-electron chi connectivity index (χ3n) is 18.7. The maximum absolute atomic E-state index is 15.0. The molecule has 15 atom stereocenters. The zero-order valence-corrected chi connectivity index (χ0v) is 52.5. The first kappa shape index (κ1) is 70.5. The van der Waals surface area contributed by atoms with E-state index in [1.165, 1.54) is 63.3 Å². The predicted octanol–water partition coefficient (Wildman–Crippen LogP) is -2.70. The van der Waals surface area contributed by atoms with Crippen LogP contribution in [0.1, 0.15) is 87.6 Å². The summed E-state index contributed by atoms with van der Waals surface area (Å²) in [6.45, 7) is 1.83. The van der Waals surface area contributed by atoms with Gasteiger partial charge in [0.15, 0.2) is 11.5 Å². The van der Waals surface area contributed by atoms with E-state index < -0.39 is 184 Å². The van der Waals surface area contributed by atoms with Crippen molar-refractivity contribution in [3.63, 3.8) is 0 Å². The fourth-order valence-electron chi connectivity index (χ4n) is 13.7. The van der Waals surface area contributed by atoms with Gasteiger partial charge in [0, 0.05) is 87.3 Å². The number of anilines is 1. The van der Waals surface area contributed by atoms with Crippen LogP contribution in [0.15, 0.2) is 66.7 Å². The number of nitrogens with zero attached hydrogens (tertiary/aromatic N) is 4. The number of fused-ring (bicyclic) bond motifs is 4. The van der Waals surface area contributed by atoms with Crippen molar-refractivity contribution in [3.05, 3.63) is 77.9 Å². The van der Waals surface area contributed by atoms with Crippen molar-refractivity contribution in [2.45, 2.75) is 175 Å². The van der Waals surface area contributed by atoms with Gasteiger partial charge in [-0.15, -0.1) is 0 Å². The second-order valence-corrected chi connectivity index (χ2v) is 25.6. The number of β-amino-alcohol motifs (C(OH)–C–C–N with tert-alkyl or cyclic N) is 1. The normalized spacial score (nSPS) is 29.0. The molecular formula is C62H86N10O20S. The zero-order valence-electron chi connectivity index (χ0n) is 51.6. The number of carbonyl (C=O) groups excluding carboxylic acids is 7. The highest BCUT2D eigenvalue weighted by molar-refractivity contribution is 7.90. The minimum Gasteiger partial charge on any atom is -0.504 e. The second-order valence-electron chi connectivity index (χ2n) is 25.2. The Bertz CT molecular complexity index is 3070. The Morgan fingerprint density at radius 3 is 2.02 bits per heavy atom. The maximum atomic E-state index is 15.0. The van der Waals surface area contributed by atoms with Crippen molar-refractivity contribution in [2.75, 3.05) is 57.4 Å². The van der Waals surface area contributed by atoms with Crippen LogP contribution >= 0.6 is 12.3 Å². The number of carbonyl (C=O) groups is 7. The van der Waals surface area contributed by atoms with Crippen LogP contribution < -0.4 is 41.0 Å². The minimum absolute atomic E-state index is 0.0730. The third-order valence-corrected chi connectivity index (χ3v) is 19.1. The molecular weight excluding hydrogens is 1240 g/mol. The zero-order chi connectivity index (χ0) is 66.8. The van der Waals surface area contributed by atoms with Crippen LogP contribution in [0, 0.1) is 5.92 Å². The smallest absolute Gasteiger partial charge is 0.261 e. The predicted molar refractivity (Wildman–Crippen MR) is 332 cm³/mol. The topological polar surface area (TPSA) is 435 Å². The second kappa shape index (κ2) is 32.1. The Labute approximate surface area is 541 Å². The molecule has 31 heteroatoms. The molecule has 9 rings (SSSR count). The number of aliphatic hydroxyl groups is 8. The van der Waals surface area contributed by atoms with Gasteiger partial charge in [-0.25, -0.2) is 5.26 Å². The van der Waals surface area contributed by atoms with Gasteiger partial charge in [0.2, 0.25) is 35.4 Å². The van der Waals surface area contributed by atoms with Crippen molar-refractivity contribution in [1.29, 1.82) is 0 Å². The van der Waals surface area contributed by atoms with Crippen molar-refractivity contribution in [1.82, 2.24) is 46.6 Å². The van der Waals surface area contributed by atoms with Crippen molar-refractivity contribution in [2.24, 2.45) is 5.92 Å². The molecule has 2 bridgehead atoms. The SMILES string of the molecule is C[C@@H](O)[C@@H]1NC(=O)C(NC(=O)c2ccc(-c3ccc(N4CC5CC4CN5C4CCCCC4)cc3)cc2)C[C@@H](O)CNC(=O)[C@@H]2[C@@H](O)[C@@H](C)CN2C(=O)[C@H]([C@H](O)CCNC(CO)CO)NC(=O)[C@H]([C@H](O)Cc2ccc(O)c(OSOOO)c2)NC(=O)[C@@H]2C[C@@H](O)CN2C1=O. The molecule has 7 amide bonds. The number of phenols is 1. The van der Waals surface area contributed by atoms with Crippen molar-refractivity contribution in [3.8, 4) is 22.6 Å². The Balaban J connectivity index is 0.985. The summed E-state index contributed by atoms with van der Waals surface area (Å²) in [5.41, 5.74) is 3.00. The van der Waals surface area contributed by atoms with Crippen LogP contribution in [0.25, 0.3) is 11.1 Å². The maximum Gasteiger partial charge on any atom is 0.261 e. The Hall–Kier alpha value is -6.82. The number of likely N-dealkylation sites (tertiary alicyclic amines) is 1. The van der Waals surface area contributed by atoms with E-state index >= 15 is 0 Å². The van der Waals surface area contributed by atoms with Gasteiger partial charge in [-0.05, 0) is 92.2 Å². The largest absolute Gasteiger partial charge is 0.504 e. The molecule has 3 unspecified atom stereocenters. The van der Waals surface area contributed by atoms with Gasteiger partial charge in [0.25, 0.3) is 18.2 Å². The molecule has 30 nitrogen and oxygen atoms in total. The van der Waals surface area contributed by atoms with Crippen LogP contribution in [0.2, 0.25) is 0 Å². The number of piperazine rings is 1. The molecule has 3 aromatic carbocycles. The number of hydrogen-bond acceptors (Lipinski definition) is 24. The van der Waals surface area contributed by atoms with E-state index in [2.05, 4.69) is 63.2 Å². The molecule has 3 aromatic rings. The first-order chi connectivity index (χ1) is 44.6. The number of nitrogens with one attached hydrogen (secondary N) is 6. The monoisotopic (exact) mass is 1320 g/mol. The molecule has 93 heavy (non-hydrogen) atoms. The number of benzene rings is 3. The molecule has 5 aliphatic heterocycles. The van der Waals surface area contributed by atoms with Crippen LogP contribution in [0.5, 0.6) is 11.5 Å². The van der Waals surface area contributed by atoms with Gasteiger partial charge >= 0.3 is 0 Å².